The lowest BCUT2D eigenvalue weighted by Crippen LogP contribution is -2.21. The highest BCUT2D eigenvalue weighted by Gasteiger charge is 2.13. The Morgan fingerprint density at radius 3 is 2.67 bits per heavy atom. The molecular formula is C11H12N. The van der Waals surface area contributed by atoms with E-state index in [1.807, 2.05) is 0 Å². The third-order valence-corrected chi connectivity index (χ3v) is 2.12. The van der Waals surface area contributed by atoms with Crippen molar-refractivity contribution in [1.29, 1.82) is 0 Å². The summed E-state index contributed by atoms with van der Waals surface area (Å²) in [4.78, 5) is 0. The van der Waals surface area contributed by atoms with Gasteiger partial charge in [-0.05, 0) is 31.1 Å². The first-order valence-corrected chi connectivity index (χ1v) is 4.15. The van der Waals surface area contributed by atoms with E-state index in [-0.39, 0.29) is 0 Å². The third kappa shape index (κ3) is 1.11. The van der Waals surface area contributed by atoms with Gasteiger partial charge in [0.15, 0.2) is 0 Å². The molecule has 0 aliphatic carbocycles. The standard InChI is InChI=1S/C11H12N/c1-8-7-10-5-3-4-6-11(10)9(2)12-8/h3-7,12H,1-2H3. The normalized spacial score (nSPS) is 16.3. The van der Waals surface area contributed by atoms with Crippen molar-refractivity contribution in [2.75, 3.05) is 0 Å². The van der Waals surface area contributed by atoms with Gasteiger partial charge in [0.25, 0.3) is 0 Å². The lowest BCUT2D eigenvalue weighted by molar-refractivity contribution is 0.846. The molecule has 0 bridgehead atoms. The molecule has 1 aromatic rings. The first-order chi connectivity index (χ1) is 5.77. The molecule has 61 valence electrons. The van der Waals surface area contributed by atoms with Crippen LogP contribution in [-0.2, 0) is 0 Å². The molecule has 0 saturated carbocycles. The molecular weight excluding hydrogens is 146 g/mol. The summed E-state index contributed by atoms with van der Waals surface area (Å²) in [6, 6.07) is 9.66. The maximum Gasteiger partial charge on any atom is 0.0870 e. The first kappa shape index (κ1) is 7.41. The largest absolute Gasteiger partial charge is 0.377 e. The summed E-state index contributed by atoms with van der Waals surface area (Å²) in [7, 11) is 0. The minimum Gasteiger partial charge on any atom is -0.377 e. The SMILES string of the molecule is C[C]1NC(C)=Cc2ccccc21. The smallest absolute Gasteiger partial charge is 0.0870 e. The fourth-order valence-corrected chi connectivity index (χ4v) is 1.60. The molecule has 1 heteroatoms. The Labute approximate surface area is 73.1 Å². The van der Waals surface area contributed by atoms with Crippen molar-refractivity contribution >= 4 is 6.08 Å². The topological polar surface area (TPSA) is 12.0 Å². The average Bonchev–Trinajstić information content (AvgIpc) is 2.04. The molecule has 1 nitrogen and oxygen atoms in total. The molecule has 0 amide bonds. The van der Waals surface area contributed by atoms with E-state index in [9.17, 15) is 0 Å². The number of fused-ring (bicyclic) bond motifs is 1. The van der Waals surface area contributed by atoms with Crippen molar-refractivity contribution in [2.45, 2.75) is 13.8 Å². The van der Waals surface area contributed by atoms with Gasteiger partial charge in [-0.1, -0.05) is 24.3 Å². The average molecular weight is 158 g/mol. The van der Waals surface area contributed by atoms with E-state index >= 15 is 0 Å². The van der Waals surface area contributed by atoms with Gasteiger partial charge in [-0.25, -0.2) is 0 Å². The number of benzene rings is 1. The molecule has 12 heavy (non-hydrogen) atoms. The van der Waals surface area contributed by atoms with E-state index < -0.39 is 0 Å². The summed E-state index contributed by atoms with van der Waals surface area (Å²) in [5.41, 5.74) is 3.83. The summed E-state index contributed by atoms with van der Waals surface area (Å²) < 4.78 is 0. The predicted octanol–water partition coefficient (Wildman–Crippen LogP) is 2.55. The predicted molar refractivity (Wildman–Crippen MR) is 51.2 cm³/mol. The van der Waals surface area contributed by atoms with Crippen LogP contribution >= 0.6 is 0 Å². The number of hydrogen-bond acceptors (Lipinski definition) is 1. The van der Waals surface area contributed by atoms with E-state index in [0.29, 0.717) is 0 Å². The number of nitrogens with one attached hydrogen (secondary N) is 1. The van der Waals surface area contributed by atoms with Gasteiger partial charge in [0.2, 0.25) is 0 Å². The second kappa shape index (κ2) is 2.67. The molecule has 1 heterocycles. The highest BCUT2D eigenvalue weighted by molar-refractivity contribution is 5.62. The monoisotopic (exact) mass is 158 g/mol. The van der Waals surface area contributed by atoms with Gasteiger partial charge in [0.05, 0.1) is 6.04 Å². The van der Waals surface area contributed by atoms with Crippen molar-refractivity contribution in [3.8, 4) is 0 Å². The van der Waals surface area contributed by atoms with Crippen molar-refractivity contribution < 1.29 is 0 Å². The van der Waals surface area contributed by atoms with Crippen LogP contribution in [0.1, 0.15) is 25.0 Å². The van der Waals surface area contributed by atoms with Crippen molar-refractivity contribution in [2.24, 2.45) is 0 Å². The van der Waals surface area contributed by atoms with Crippen molar-refractivity contribution in [3.05, 3.63) is 47.1 Å². The maximum absolute atomic E-state index is 3.31. The minimum absolute atomic E-state index is 1.21. The molecule has 0 atom stereocenters. The molecule has 0 unspecified atom stereocenters. The molecule has 1 aliphatic rings. The molecule has 1 N–H and O–H groups in total. The van der Waals surface area contributed by atoms with E-state index in [4.69, 9.17) is 0 Å². The Kier molecular flexibility index (Phi) is 1.65. The molecule has 0 saturated heterocycles. The van der Waals surface area contributed by atoms with Crippen LogP contribution in [0.2, 0.25) is 0 Å². The highest BCUT2D eigenvalue weighted by atomic mass is 14.9. The first-order valence-electron chi connectivity index (χ1n) is 4.15. The lowest BCUT2D eigenvalue weighted by Gasteiger charge is -2.22. The van der Waals surface area contributed by atoms with Crippen LogP contribution in [0.4, 0.5) is 0 Å². The Balaban J connectivity index is 2.55. The van der Waals surface area contributed by atoms with Crippen molar-refractivity contribution in [3.63, 3.8) is 0 Å². The molecule has 2 rings (SSSR count). The van der Waals surface area contributed by atoms with Crippen LogP contribution in [0.25, 0.3) is 6.08 Å². The fraction of sp³-hybridized carbons (Fsp3) is 0.182. The van der Waals surface area contributed by atoms with Gasteiger partial charge in [0.1, 0.15) is 0 Å². The summed E-state index contributed by atoms with van der Waals surface area (Å²) in [6.07, 6.45) is 2.17. The molecule has 0 aromatic heterocycles. The number of rotatable bonds is 0. The number of allylic oxidation sites excluding steroid dienone is 1. The van der Waals surface area contributed by atoms with Gasteiger partial charge in [-0.15, -0.1) is 0 Å². The Morgan fingerprint density at radius 1 is 1.08 bits per heavy atom. The zero-order valence-corrected chi connectivity index (χ0v) is 7.39. The van der Waals surface area contributed by atoms with Gasteiger partial charge in [-0.2, -0.15) is 0 Å². The Morgan fingerprint density at radius 2 is 1.83 bits per heavy atom. The van der Waals surface area contributed by atoms with Gasteiger partial charge in [0, 0.05) is 5.70 Å². The van der Waals surface area contributed by atoms with Crippen LogP contribution in [0.15, 0.2) is 30.0 Å². The second-order valence-corrected chi connectivity index (χ2v) is 3.16. The molecule has 1 radical (unpaired) electrons. The Hall–Kier alpha value is -1.24. The van der Waals surface area contributed by atoms with Gasteiger partial charge >= 0.3 is 0 Å². The second-order valence-electron chi connectivity index (χ2n) is 3.16. The quantitative estimate of drug-likeness (QED) is 0.611. The molecule has 0 spiro atoms. The summed E-state index contributed by atoms with van der Waals surface area (Å²) >= 11 is 0. The molecule has 0 fully saturated rings. The van der Waals surface area contributed by atoms with E-state index in [0.717, 1.165) is 0 Å². The third-order valence-electron chi connectivity index (χ3n) is 2.12. The zero-order chi connectivity index (χ0) is 8.55. The fourth-order valence-electron chi connectivity index (χ4n) is 1.60. The van der Waals surface area contributed by atoms with Crippen LogP contribution in [0.5, 0.6) is 0 Å². The van der Waals surface area contributed by atoms with E-state index in [1.165, 1.54) is 22.9 Å². The zero-order valence-electron chi connectivity index (χ0n) is 7.39. The summed E-state index contributed by atoms with van der Waals surface area (Å²) in [5, 5.41) is 3.31. The van der Waals surface area contributed by atoms with Crippen LogP contribution in [0.3, 0.4) is 0 Å². The molecule has 1 aliphatic heterocycles. The van der Waals surface area contributed by atoms with Gasteiger partial charge < -0.3 is 5.32 Å². The molecule has 1 aromatic carbocycles. The lowest BCUT2D eigenvalue weighted by atomic mass is 9.97. The van der Waals surface area contributed by atoms with E-state index in [2.05, 4.69) is 49.5 Å². The van der Waals surface area contributed by atoms with Crippen LogP contribution < -0.4 is 5.32 Å². The van der Waals surface area contributed by atoms with Crippen molar-refractivity contribution in [1.82, 2.24) is 5.32 Å². The minimum atomic E-state index is 1.21. The van der Waals surface area contributed by atoms with Gasteiger partial charge in [-0.3, -0.25) is 0 Å². The number of hydrogen-bond donors (Lipinski definition) is 1. The summed E-state index contributed by atoms with van der Waals surface area (Å²) in [6.45, 7) is 4.19. The highest BCUT2D eigenvalue weighted by Crippen LogP contribution is 2.24. The summed E-state index contributed by atoms with van der Waals surface area (Å²) in [5.74, 6) is 0. The Bertz CT molecular complexity index is 326. The van der Waals surface area contributed by atoms with E-state index in [1.54, 1.807) is 0 Å². The van der Waals surface area contributed by atoms with Crippen LogP contribution in [0, 0.1) is 6.04 Å². The van der Waals surface area contributed by atoms with Crippen LogP contribution in [-0.4, -0.2) is 0 Å². The maximum atomic E-state index is 3.31.